The topological polar surface area (TPSA) is 41.6 Å². The van der Waals surface area contributed by atoms with Crippen LogP contribution in [0, 0.1) is 5.92 Å². The minimum atomic E-state index is -0.0343. The van der Waals surface area contributed by atoms with Crippen molar-refractivity contribution in [1.29, 1.82) is 0 Å². The molecule has 0 aromatic heterocycles. The number of carbonyl (C=O) groups excluding carboxylic acids is 1. The fraction of sp³-hybridized carbons (Fsp3) is 0.588. The van der Waals surface area contributed by atoms with Crippen molar-refractivity contribution in [2.24, 2.45) is 5.92 Å². The Morgan fingerprint density at radius 2 is 2.17 bits per heavy atom. The highest BCUT2D eigenvalue weighted by atomic mass is 35.5. The fourth-order valence-corrected chi connectivity index (χ4v) is 3.03. The van der Waals surface area contributed by atoms with Gasteiger partial charge in [0.1, 0.15) is 0 Å². The van der Waals surface area contributed by atoms with Crippen molar-refractivity contribution in [3.05, 3.63) is 33.8 Å². The third-order valence-corrected chi connectivity index (χ3v) is 4.46. The maximum absolute atomic E-state index is 12.1. The molecule has 2 rings (SSSR count). The third-order valence-electron chi connectivity index (χ3n) is 3.72. The van der Waals surface area contributed by atoms with Gasteiger partial charge >= 0.3 is 0 Å². The predicted molar refractivity (Wildman–Crippen MR) is 94.2 cm³/mol. The van der Waals surface area contributed by atoms with Gasteiger partial charge in [0.25, 0.3) is 0 Å². The summed E-state index contributed by atoms with van der Waals surface area (Å²) in [6.45, 7) is 8.58. The summed E-state index contributed by atoms with van der Waals surface area (Å²) in [6, 6.07) is 5.25. The Kier molecular flexibility index (Phi) is 7.15. The average Bonchev–Trinajstić information content (AvgIpc) is 2.49. The van der Waals surface area contributed by atoms with E-state index in [0.29, 0.717) is 28.9 Å². The van der Waals surface area contributed by atoms with E-state index in [1.165, 1.54) is 0 Å². The molecule has 1 fully saturated rings. The number of carbonyl (C=O) groups is 1. The van der Waals surface area contributed by atoms with E-state index in [9.17, 15) is 4.79 Å². The number of nitrogens with zero attached hydrogens (tertiary/aromatic N) is 1. The van der Waals surface area contributed by atoms with E-state index >= 15 is 0 Å². The standard InChI is InChI=1S/C17H24Cl2N2O2/c1-12(2)10-21-5-6-23-14(11-21)9-20-17(22)8-13-3-4-15(18)16(19)7-13/h3-4,7,12,14H,5-6,8-11H2,1-2H3,(H,20,22). The van der Waals surface area contributed by atoms with Gasteiger partial charge in [0.05, 0.1) is 29.2 Å². The average molecular weight is 359 g/mol. The van der Waals surface area contributed by atoms with Gasteiger partial charge in [-0.1, -0.05) is 43.1 Å². The van der Waals surface area contributed by atoms with Gasteiger partial charge in [-0.25, -0.2) is 0 Å². The van der Waals surface area contributed by atoms with Gasteiger partial charge in [-0.05, 0) is 23.6 Å². The maximum atomic E-state index is 12.1. The first-order valence-corrected chi connectivity index (χ1v) is 8.74. The smallest absolute Gasteiger partial charge is 0.224 e. The summed E-state index contributed by atoms with van der Waals surface area (Å²) in [5.41, 5.74) is 0.850. The molecule has 0 radical (unpaired) electrons. The summed E-state index contributed by atoms with van der Waals surface area (Å²) in [5.74, 6) is 0.603. The highest BCUT2D eigenvalue weighted by molar-refractivity contribution is 6.42. The monoisotopic (exact) mass is 358 g/mol. The summed E-state index contributed by atoms with van der Waals surface area (Å²) in [6.07, 6.45) is 0.347. The molecule has 0 bridgehead atoms. The zero-order valence-corrected chi connectivity index (χ0v) is 15.2. The molecule has 1 unspecified atom stereocenters. The summed E-state index contributed by atoms with van der Waals surface area (Å²) in [7, 11) is 0. The summed E-state index contributed by atoms with van der Waals surface area (Å²) in [5, 5.41) is 3.91. The lowest BCUT2D eigenvalue weighted by molar-refractivity contribution is -0.121. The van der Waals surface area contributed by atoms with Crippen LogP contribution in [0.2, 0.25) is 10.0 Å². The summed E-state index contributed by atoms with van der Waals surface area (Å²) >= 11 is 11.8. The van der Waals surface area contributed by atoms with E-state index in [0.717, 1.165) is 31.8 Å². The molecule has 0 aliphatic carbocycles. The van der Waals surface area contributed by atoms with E-state index in [1.807, 2.05) is 6.07 Å². The first-order chi connectivity index (χ1) is 10.9. The van der Waals surface area contributed by atoms with Gasteiger partial charge in [-0.2, -0.15) is 0 Å². The molecular formula is C17H24Cl2N2O2. The Balaban J connectivity index is 1.76. The molecule has 1 aliphatic rings. The Morgan fingerprint density at radius 3 is 2.87 bits per heavy atom. The van der Waals surface area contributed by atoms with Crippen LogP contribution in [0.3, 0.4) is 0 Å². The van der Waals surface area contributed by atoms with Crippen LogP contribution in [-0.4, -0.2) is 49.7 Å². The molecule has 128 valence electrons. The first kappa shape index (κ1) is 18.5. The third kappa shape index (κ3) is 6.30. The second-order valence-electron chi connectivity index (χ2n) is 6.38. The van der Waals surface area contributed by atoms with Gasteiger partial charge in [-0.15, -0.1) is 0 Å². The molecule has 23 heavy (non-hydrogen) atoms. The second kappa shape index (κ2) is 8.88. The maximum Gasteiger partial charge on any atom is 0.224 e. The molecule has 1 amide bonds. The fourth-order valence-electron chi connectivity index (χ4n) is 2.71. The molecule has 4 nitrogen and oxygen atoms in total. The first-order valence-electron chi connectivity index (χ1n) is 7.98. The van der Waals surface area contributed by atoms with Crippen molar-refractivity contribution in [3.8, 4) is 0 Å². The van der Waals surface area contributed by atoms with Crippen LogP contribution >= 0.6 is 23.2 Å². The predicted octanol–water partition coefficient (Wildman–Crippen LogP) is 3.01. The number of halogens is 2. The highest BCUT2D eigenvalue weighted by Crippen LogP contribution is 2.22. The van der Waals surface area contributed by atoms with Crippen LogP contribution in [0.15, 0.2) is 18.2 Å². The van der Waals surface area contributed by atoms with Crippen LogP contribution in [0.25, 0.3) is 0 Å². The molecule has 0 spiro atoms. The largest absolute Gasteiger partial charge is 0.374 e. The molecule has 1 aromatic carbocycles. The number of benzene rings is 1. The van der Waals surface area contributed by atoms with Gasteiger partial charge in [0.15, 0.2) is 0 Å². The molecule has 1 saturated heterocycles. The molecule has 1 aromatic rings. The molecule has 0 saturated carbocycles. The van der Waals surface area contributed by atoms with Crippen molar-refractivity contribution in [2.45, 2.75) is 26.4 Å². The number of amides is 1. The van der Waals surface area contributed by atoms with E-state index in [-0.39, 0.29) is 12.0 Å². The number of hydrogen-bond donors (Lipinski definition) is 1. The molecular weight excluding hydrogens is 335 g/mol. The number of hydrogen-bond acceptors (Lipinski definition) is 3. The number of morpholine rings is 1. The Bertz CT molecular complexity index is 537. The van der Waals surface area contributed by atoms with Crippen LogP contribution in [0.1, 0.15) is 19.4 Å². The number of ether oxygens (including phenoxy) is 1. The molecule has 1 atom stereocenters. The summed E-state index contributed by atoms with van der Waals surface area (Å²) < 4.78 is 5.73. The molecule has 6 heteroatoms. The highest BCUT2D eigenvalue weighted by Gasteiger charge is 2.21. The SMILES string of the molecule is CC(C)CN1CCOC(CNC(=O)Cc2ccc(Cl)c(Cl)c2)C1. The van der Waals surface area contributed by atoms with Crippen molar-refractivity contribution in [3.63, 3.8) is 0 Å². The number of rotatable bonds is 6. The van der Waals surface area contributed by atoms with Crippen LogP contribution in [0.5, 0.6) is 0 Å². The summed E-state index contributed by atoms with van der Waals surface area (Å²) in [4.78, 5) is 14.4. The van der Waals surface area contributed by atoms with Crippen LogP contribution < -0.4 is 5.32 Å². The second-order valence-corrected chi connectivity index (χ2v) is 7.19. The zero-order chi connectivity index (χ0) is 16.8. The van der Waals surface area contributed by atoms with Crippen molar-refractivity contribution < 1.29 is 9.53 Å². The lowest BCUT2D eigenvalue weighted by Crippen LogP contribution is -2.48. The Labute approximate surface area is 148 Å². The zero-order valence-electron chi connectivity index (χ0n) is 13.6. The molecule has 1 N–H and O–H groups in total. The van der Waals surface area contributed by atoms with E-state index in [4.69, 9.17) is 27.9 Å². The minimum Gasteiger partial charge on any atom is -0.374 e. The Morgan fingerprint density at radius 1 is 1.39 bits per heavy atom. The van der Waals surface area contributed by atoms with Crippen molar-refractivity contribution >= 4 is 29.1 Å². The van der Waals surface area contributed by atoms with E-state index in [1.54, 1.807) is 12.1 Å². The minimum absolute atomic E-state index is 0.0343. The van der Waals surface area contributed by atoms with Crippen LogP contribution in [0.4, 0.5) is 0 Å². The molecule has 1 aliphatic heterocycles. The Hall–Kier alpha value is -0.810. The van der Waals surface area contributed by atoms with Crippen molar-refractivity contribution in [1.82, 2.24) is 10.2 Å². The number of nitrogens with one attached hydrogen (secondary N) is 1. The van der Waals surface area contributed by atoms with E-state index in [2.05, 4.69) is 24.1 Å². The normalized spacial score (nSPS) is 19.1. The quantitative estimate of drug-likeness (QED) is 0.849. The van der Waals surface area contributed by atoms with Gasteiger partial charge < -0.3 is 10.1 Å². The van der Waals surface area contributed by atoms with Gasteiger partial charge in [0.2, 0.25) is 5.91 Å². The van der Waals surface area contributed by atoms with Gasteiger partial charge in [0, 0.05) is 26.2 Å². The lowest BCUT2D eigenvalue weighted by atomic mass is 10.1. The van der Waals surface area contributed by atoms with Crippen LogP contribution in [-0.2, 0) is 16.0 Å². The van der Waals surface area contributed by atoms with Gasteiger partial charge in [-0.3, -0.25) is 9.69 Å². The van der Waals surface area contributed by atoms with E-state index < -0.39 is 0 Å². The molecule has 1 heterocycles. The van der Waals surface area contributed by atoms with Crippen molar-refractivity contribution in [2.75, 3.05) is 32.8 Å². The lowest BCUT2D eigenvalue weighted by Gasteiger charge is -2.33.